The SMILES string of the molecule is C#CCNC(=S)N(CCCc1ncccc1Cl)C(=N)N. The molecule has 0 unspecified atom stereocenters. The molecule has 0 aliphatic carbocycles. The number of terminal acetylenes is 1. The van der Waals surface area contributed by atoms with Crippen LogP contribution in [0.5, 0.6) is 0 Å². The first-order valence-electron chi connectivity index (χ1n) is 5.98. The highest BCUT2D eigenvalue weighted by Gasteiger charge is 2.12. The first kappa shape index (κ1) is 16.2. The number of thiocarbonyl (C=S) groups is 1. The van der Waals surface area contributed by atoms with Gasteiger partial charge in [0.15, 0.2) is 11.1 Å². The molecule has 0 bridgehead atoms. The van der Waals surface area contributed by atoms with Crippen molar-refractivity contribution >= 4 is 34.9 Å². The molecule has 4 N–H and O–H groups in total. The summed E-state index contributed by atoms with van der Waals surface area (Å²) in [5, 5.41) is 11.3. The molecule has 0 saturated carbocycles. The minimum Gasteiger partial charge on any atom is -0.370 e. The molecule has 0 aliphatic rings. The molecule has 0 radical (unpaired) electrons. The quantitative estimate of drug-likeness (QED) is 0.331. The van der Waals surface area contributed by atoms with Gasteiger partial charge in [0.05, 0.1) is 17.3 Å². The summed E-state index contributed by atoms with van der Waals surface area (Å²) < 4.78 is 0. The van der Waals surface area contributed by atoms with Crippen LogP contribution in [0.15, 0.2) is 18.3 Å². The molecule has 0 saturated heterocycles. The fourth-order valence-electron chi connectivity index (χ4n) is 1.56. The van der Waals surface area contributed by atoms with E-state index in [1.54, 1.807) is 18.3 Å². The van der Waals surface area contributed by atoms with E-state index >= 15 is 0 Å². The number of pyridine rings is 1. The topological polar surface area (TPSA) is 78.0 Å². The molecule has 1 aromatic rings. The molecule has 1 aromatic heterocycles. The third-order valence-electron chi connectivity index (χ3n) is 2.51. The van der Waals surface area contributed by atoms with Crippen molar-refractivity contribution in [3.63, 3.8) is 0 Å². The van der Waals surface area contributed by atoms with Crippen LogP contribution in [-0.4, -0.2) is 34.0 Å². The summed E-state index contributed by atoms with van der Waals surface area (Å²) in [6, 6.07) is 3.58. The fraction of sp³-hybridized carbons (Fsp3) is 0.308. The maximum atomic E-state index is 7.53. The highest BCUT2D eigenvalue weighted by atomic mass is 35.5. The lowest BCUT2D eigenvalue weighted by molar-refractivity contribution is 0.555. The monoisotopic (exact) mass is 309 g/mol. The summed E-state index contributed by atoms with van der Waals surface area (Å²) in [5.41, 5.74) is 6.33. The maximum Gasteiger partial charge on any atom is 0.194 e. The number of nitrogens with one attached hydrogen (secondary N) is 2. The Morgan fingerprint density at radius 2 is 2.40 bits per heavy atom. The van der Waals surface area contributed by atoms with Crippen LogP contribution < -0.4 is 11.1 Å². The van der Waals surface area contributed by atoms with Gasteiger partial charge < -0.3 is 11.1 Å². The van der Waals surface area contributed by atoms with Crippen LogP contribution >= 0.6 is 23.8 Å². The van der Waals surface area contributed by atoms with Gasteiger partial charge in [0.2, 0.25) is 0 Å². The van der Waals surface area contributed by atoms with Crippen molar-refractivity contribution in [2.45, 2.75) is 12.8 Å². The van der Waals surface area contributed by atoms with Crippen molar-refractivity contribution in [1.29, 1.82) is 5.41 Å². The van der Waals surface area contributed by atoms with Crippen molar-refractivity contribution in [3.8, 4) is 12.3 Å². The summed E-state index contributed by atoms with van der Waals surface area (Å²) in [6.45, 7) is 0.799. The lowest BCUT2D eigenvalue weighted by Gasteiger charge is -2.23. The number of hydrogen-bond donors (Lipinski definition) is 3. The van der Waals surface area contributed by atoms with Gasteiger partial charge in [-0.15, -0.1) is 6.42 Å². The van der Waals surface area contributed by atoms with Gasteiger partial charge in [0.1, 0.15) is 0 Å². The molecule has 1 heterocycles. The summed E-state index contributed by atoms with van der Waals surface area (Å²) in [6.07, 6.45) is 8.24. The Balaban J connectivity index is 2.52. The smallest absolute Gasteiger partial charge is 0.194 e. The zero-order valence-corrected chi connectivity index (χ0v) is 12.5. The van der Waals surface area contributed by atoms with Gasteiger partial charge in [-0.3, -0.25) is 15.3 Å². The van der Waals surface area contributed by atoms with Crippen molar-refractivity contribution < 1.29 is 0 Å². The minimum absolute atomic E-state index is 0.119. The molecule has 0 aliphatic heterocycles. The number of aromatic nitrogens is 1. The second-order valence-corrected chi connectivity index (χ2v) is 4.73. The molecule has 7 heteroatoms. The molecule has 0 spiro atoms. The average molecular weight is 310 g/mol. The first-order valence-corrected chi connectivity index (χ1v) is 6.77. The van der Waals surface area contributed by atoms with E-state index in [1.165, 1.54) is 4.90 Å². The predicted octanol–water partition coefficient (Wildman–Crippen LogP) is 1.37. The summed E-state index contributed by atoms with van der Waals surface area (Å²) >= 11 is 11.2. The normalized spacial score (nSPS) is 9.60. The van der Waals surface area contributed by atoms with Crippen LogP contribution in [0.1, 0.15) is 12.1 Å². The Bertz CT molecular complexity index is 526. The molecular weight excluding hydrogens is 294 g/mol. The van der Waals surface area contributed by atoms with Crippen molar-refractivity contribution in [1.82, 2.24) is 15.2 Å². The second-order valence-electron chi connectivity index (χ2n) is 3.94. The van der Waals surface area contributed by atoms with Crippen LogP contribution in [0.4, 0.5) is 0 Å². The zero-order valence-electron chi connectivity index (χ0n) is 10.9. The molecular formula is C13H16ClN5S. The number of aryl methyl sites for hydroxylation is 1. The largest absolute Gasteiger partial charge is 0.370 e. The molecule has 106 valence electrons. The Hall–Kier alpha value is -1.84. The van der Waals surface area contributed by atoms with Crippen molar-refractivity contribution in [2.24, 2.45) is 5.73 Å². The number of nitrogens with two attached hydrogens (primary N) is 1. The highest BCUT2D eigenvalue weighted by Crippen LogP contribution is 2.13. The number of guanidine groups is 1. The van der Waals surface area contributed by atoms with Crippen LogP contribution in [0.2, 0.25) is 5.02 Å². The Kier molecular flexibility index (Phi) is 6.77. The van der Waals surface area contributed by atoms with Gasteiger partial charge in [-0.1, -0.05) is 17.5 Å². The fourth-order valence-corrected chi connectivity index (χ4v) is 2.04. The average Bonchev–Trinajstić information content (AvgIpc) is 2.42. The van der Waals surface area contributed by atoms with Crippen molar-refractivity contribution in [2.75, 3.05) is 13.1 Å². The maximum absolute atomic E-state index is 7.53. The molecule has 0 fully saturated rings. The minimum atomic E-state index is -0.119. The van der Waals surface area contributed by atoms with E-state index in [2.05, 4.69) is 16.2 Å². The third kappa shape index (κ3) is 5.03. The Labute approximate surface area is 129 Å². The molecule has 0 aromatic carbocycles. The second kappa shape index (κ2) is 8.35. The van der Waals surface area contributed by atoms with Gasteiger partial charge in [-0.05, 0) is 37.2 Å². The van der Waals surface area contributed by atoms with E-state index in [1.807, 2.05) is 0 Å². The molecule has 5 nitrogen and oxygen atoms in total. The van der Waals surface area contributed by atoms with Crippen LogP contribution in [0.25, 0.3) is 0 Å². The third-order valence-corrected chi connectivity index (χ3v) is 3.22. The van der Waals surface area contributed by atoms with E-state index < -0.39 is 0 Å². The van der Waals surface area contributed by atoms with Crippen molar-refractivity contribution in [3.05, 3.63) is 29.0 Å². The molecule has 0 amide bonds. The van der Waals surface area contributed by atoms with Gasteiger partial charge in [0.25, 0.3) is 0 Å². The summed E-state index contributed by atoms with van der Waals surface area (Å²) in [4.78, 5) is 5.69. The van der Waals surface area contributed by atoms with Crippen LogP contribution in [-0.2, 0) is 6.42 Å². The number of halogens is 1. The number of rotatable bonds is 5. The predicted molar refractivity (Wildman–Crippen MR) is 85.6 cm³/mol. The van der Waals surface area contributed by atoms with E-state index in [4.69, 9.17) is 41.4 Å². The molecule has 1 rings (SSSR count). The first-order chi connectivity index (χ1) is 9.56. The van der Waals surface area contributed by atoms with E-state index in [0.717, 1.165) is 5.69 Å². The lowest BCUT2D eigenvalue weighted by atomic mass is 10.2. The van der Waals surface area contributed by atoms with E-state index in [0.29, 0.717) is 36.1 Å². The highest BCUT2D eigenvalue weighted by molar-refractivity contribution is 7.80. The van der Waals surface area contributed by atoms with Crippen LogP contribution in [0.3, 0.4) is 0 Å². The van der Waals surface area contributed by atoms with Gasteiger partial charge in [-0.25, -0.2) is 0 Å². The number of hydrogen-bond acceptors (Lipinski definition) is 3. The van der Waals surface area contributed by atoms with Gasteiger partial charge in [-0.2, -0.15) is 0 Å². The summed E-state index contributed by atoms with van der Waals surface area (Å²) in [5.74, 6) is 2.30. The zero-order chi connectivity index (χ0) is 15.0. The lowest BCUT2D eigenvalue weighted by Crippen LogP contribution is -2.47. The van der Waals surface area contributed by atoms with Gasteiger partial charge in [0, 0.05) is 12.7 Å². The Morgan fingerprint density at radius 3 is 3.00 bits per heavy atom. The van der Waals surface area contributed by atoms with E-state index in [-0.39, 0.29) is 5.96 Å². The standard InChI is InChI=1S/C13H16ClN5S/c1-2-7-18-13(20)19(12(15)16)9-4-6-11-10(14)5-3-8-17-11/h1,3,5,8H,4,6-7,9H2,(H3,15,16)(H,18,20). The summed E-state index contributed by atoms with van der Waals surface area (Å²) in [7, 11) is 0. The number of nitrogens with zero attached hydrogens (tertiary/aromatic N) is 2. The Morgan fingerprint density at radius 1 is 1.65 bits per heavy atom. The van der Waals surface area contributed by atoms with Gasteiger partial charge >= 0.3 is 0 Å². The van der Waals surface area contributed by atoms with E-state index in [9.17, 15) is 0 Å². The molecule has 20 heavy (non-hydrogen) atoms. The molecule has 0 atom stereocenters. The van der Waals surface area contributed by atoms with Crippen LogP contribution in [0, 0.1) is 17.8 Å².